The SMILES string of the molecule is [2H]C1C(=O)[C@@]([2H])(NC(=O)CCC(C)C(N)=O)CCCN1S(=O)(=O)c1cccc[n+]1[O-]. The van der Waals surface area contributed by atoms with E-state index in [1.54, 1.807) is 0 Å². The van der Waals surface area contributed by atoms with Crippen LogP contribution in [0.25, 0.3) is 0 Å². The minimum absolute atomic E-state index is 0.00745. The highest BCUT2D eigenvalue weighted by molar-refractivity contribution is 7.89. The Morgan fingerprint density at radius 1 is 1.54 bits per heavy atom. The van der Waals surface area contributed by atoms with Gasteiger partial charge in [0.2, 0.25) is 11.8 Å². The van der Waals surface area contributed by atoms with Gasteiger partial charge in [0, 0.05) is 31.0 Å². The highest BCUT2D eigenvalue weighted by atomic mass is 32.2. The maximum absolute atomic E-state index is 12.8. The van der Waals surface area contributed by atoms with Gasteiger partial charge < -0.3 is 16.3 Å². The third kappa shape index (κ3) is 5.26. The number of carbonyl (C=O) groups excluding carboxylic acids is 3. The highest BCUT2D eigenvalue weighted by Gasteiger charge is 2.36. The van der Waals surface area contributed by atoms with Crippen molar-refractivity contribution in [1.82, 2.24) is 9.62 Å². The third-order valence-electron chi connectivity index (χ3n) is 4.31. The maximum Gasteiger partial charge on any atom is 0.323 e. The number of primary amides is 1. The van der Waals surface area contributed by atoms with Crippen LogP contribution in [0.1, 0.15) is 35.3 Å². The smallest absolute Gasteiger partial charge is 0.323 e. The predicted octanol–water partition coefficient (Wildman–Crippen LogP) is -0.940. The molecule has 1 aliphatic rings. The number of ketones is 1. The molecule has 2 heterocycles. The molecule has 154 valence electrons. The normalized spacial score (nSPS) is 25.9. The predicted molar refractivity (Wildman–Crippen MR) is 97.9 cm³/mol. The Morgan fingerprint density at radius 3 is 2.89 bits per heavy atom. The van der Waals surface area contributed by atoms with Crippen molar-refractivity contribution in [2.75, 3.05) is 13.1 Å². The molecule has 0 aliphatic carbocycles. The van der Waals surface area contributed by atoms with E-state index in [-0.39, 0.29) is 37.0 Å². The molecule has 3 N–H and O–H groups in total. The second kappa shape index (κ2) is 9.11. The summed E-state index contributed by atoms with van der Waals surface area (Å²) in [5, 5.41) is 13.5. The zero-order valence-electron chi connectivity index (χ0n) is 17.3. The van der Waals surface area contributed by atoms with E-state index in [9.17, 15) is 28.0 Å². The molecule has 1 aromatic heterocycles. The Kier molecular flexibility index (Phi) is 6.12. The number of hydrogen-bond acceptors (Lipinski definition) is 6. The summed E-state index contributed by atoms with van der Waals surface area (Å²) in [6.07, 6.45) is 0.730. The van der Waals surface area contributed by atoms with E-state index in [2.05, 4.69) is 5.32 Å². The fourth-order valence-electron chi connectivity index (χ4n) is 2.57. The van der Waals surface area contributed by atoms with Gasteiger partial charge in [0.15, 0.2) is 12.0 Å². The van der Waals surface area contributed by atoms with Gasteiger partial charge in [0.25, 0.3) is 0 Å². The van der Waals surface area contributed by atoms with Gasteiger partial charge in [-0.3, -0.25) is 14.4 Å². The molecule has 2 amide bonds. The summed E-state index contributed by atoms with van der Waals surface area (Å²) in [6, 6.07) is 1.52. The van der Waals surface area contributed by atoms with Gasteiger partial charge in [-0.15, -0.1) is 0 Å². The lowest BCUT2D eigenvalue weighted by Gasteiger charge is -2.19. The number of amides is 2. The van der Waals surface area contributed by atoms with Gasteiger partial charge >= 0.3 is 15.0 Å². The van der Waals surface area contributed by atoms with E-state index < -0.39 is 51.1 Å². The van der Waals surface area contributed by atoms with Crippen LogP contribution in [0.3, 0.4) is 0 Å². The summed E-state index contributed by atoms with van der Waals surface area (Å²) < 4.78 is 42.8. The molecule has 2 unspecified atom stereocenters. The van der Waals surface area contributed by atoms with Crippen LogP contribution in [0, 0.1) is 11.1 Å². The molecule has 0 bridgehead atoms. The van der Waals surface area contributed by atoms with Gasteiger partial charge in [-0.1, -0.05) is 6.92 Å². The van der Waals surface area contributed by atoms with Crippen LogP contribution in [0.5, 0.6) is 0 Å². The summed E-state index contributed by atoms with van der Waals surface area (Å²) in [4.78, 5) is 36.0. The number of pyridine rings is 1. The zero-order chi connectivity index (χ0) is 22.7. The molecular weight excluding hydrogens is 388 g/mol. The number of nitrogens with one attached hydrogen (secondary N) is 1. The van der Waals surface area contributed by atoms with E-state index in [1.807, 2.05) is 0 Å². The molecule has 11 heteroatoms. The van der Waals surface area contributed by atoms with Gasteiger partial charge in [0.05, 0.1) is 15.3 Å². The first kappa shape index (κ1) is 18.8. The Bertz CT molecular complexity index is 944. The molecule has 1 aliphatic heterocycles. The maximum atomic E-state index is 12.8. The van der Waals surface area contributed by atoms with Crippen molar-refractivity contribution in [2.45, 2.75) is 43.7 Å². The van der Waals surface area contributed by atoms with Crippen molar-refractivity contribution in [2.24, 2.45) is 11.7 Å². The van der Waals surface area contributed by atoms with Crippen molar-refractivity contribution in [3.63, 3.8) is 0 Å². The summed E-state index contributed by atoms with van der Waals surface area (Å²) in [7, 11) is -4.48. The highest BCUT2D eigenvalue weighted by Crippen LogP contribution is 2.17. The van der Waals surface area contributed by atoms with Crippen LogP contribution in [0.2, 0.25) is 0 Å². The van der Waals surface area contributed by atoms with Crippen LogP contribution in [0.4, 0.5) is 0 Å². The molecule has 0 aromatic carbocycles. The number of carbonyl (C=O) groups is 3. The van der Waals surface area contributed by atoms with Crippen molar-refractivity contribution >= 4 is 27.6 Å². The minimum atomic E-state index is -4.48. The van der Waals surface area contributed by atoms with Crippen LogP contribution in [0.15, 0.2) is 29.4 Å². The van der Waals surface area contributed by atoms with Crippen molar-refractivity contribution in [3.05, 3.63) is 29.6 Å². The summed E-state index contributed by atoms with van der Waals surface area (Å²) >= 11 is 0. The molecule has 10 nitrogen and oxygen atoms in total. The largest absolute Gasteiger partial charge is 0.618 e. The van der Waals surface area contributed by atoms with E-state index in [1.165, 1.54) is 19.1 Å². The number of rotatable bonds is 7. The number of nitrogens with two attached hydrogens (primary N) is 1. The van der Waals surface area contributed by atoms with E-state index in [0.717, 1.165) is 12.3 Å². The number of Topliss-reactive ketones (excluding diaryl/α,β-unsaturated/α-hetero) is 1. The average Bonchev–Trinajstić information content (AvgIpc) is 2.78. The topological polar surface area (TPSA) is 154 Å². The summed E-state index contributed by atoms with van der Waals surface area (Å²) in [5.74, 6) is -2.97. The molecule has 1 aromatic rings. The third-order valence-corrected chi connectivity index (χ3v) is 6.06. The first-order valence-corrected chi connectivity index (χ1v) is 10.1. The number of sulfonamides is 1. The quantitative estimate of drug-likeness (QED) is 0.434. The Balaban J connectivity index is 2.20. The average molecular weight is 414 g/mol. The molecule has 3 atom stereocenters. The van der Waals surface area contributed by atoms with Gasteiger partial charge in [-0.05, 0) is 25.3 Å². The van der Waals surface area contributed by atoms with Crippen LogP contribution in [-0.2, 0) is 24.4 Å². The molecule has 0 saturated carbocycles. The number of hydrogen-bond donors (Lipinski definition) is 2. The monoisotopic (exact) mass is 414 g/mol. The van der Waals surface area contributed by atoms with Crippen LogP contribution < -0.4 is 15.8 Å². The van der Waals surface area contributed by atoms with E-state index in [4.69, 9.17) is 8.48 Å². The van der Waals surface area contributed by atoms with Crippen molar-refractivity contribution < 1.29 is 30.3 Å². The molecular formula is C17H24N4O6S. The second-order valence-corrected chi connectivity index (χ2v) is 8.28. The Labute approximate surface area is 166 Å². The molecule has 0 radical (unpaired) electrons. The zero-order valence-corrected chi connectivity index (χ0v) is 16.1. The lowest BCUT2D eigenvalue weighted by Crippen LogP contribution is -2.46. The van der Waals surface area contributed by atoms with Crippen LogP contribution in [-0.4, -0.2) is 49.4 Å². The van der Waals surface area contributed by atoms with Gasteiger partial charge in [0.1, 0.15) is 0 Å². The minimum Gasteiger partial charge on any atom is -0.618 e. The lowest BCUT2D eigenvalue weighted by atomic mass is 10.0. The second-order valence-electron chi connectivity index (χ2n) is 6.45. The standard InChI is InChI=1S/C17H24N4O6S/c1-12(17(18)24)7-8-15(23)19-13-5-4-9-20(11-14(13)22)28(26,27)16-6-2-3-10-21(16)25/h2-3,6,10,12-13H,4-5,7-9,11H2,1H3,(H2,18,24)(H,19,23)/t12?,13-/m0/s1/i11D,13D/t11?,12?,13-. The van der Waals surface area contributed by atoms with Crippen molar-refractivity contribution in [3.8, 4) is 0 Å². The lowest BCUT2D eigenvalue weighted by molar-refractivity contribution is -0.646. The molecule has 1 fully saturated rings. The first-order chi connectivity index (χ1) is 13.9. The Hall–Kier alpha value is -2.53. The summed E-state index contributed by atoms with van der Waals surface area (Å²) in [5.41, 5.74) is 5.14. The first-order valence-electron chi connectivity index (χ1n) is 9.75. The van der Waals surface area contributed by atoms with E-state index >= 15 is 0 Å². The number of nitrogens with zero attached hydrogens (tertiary/aromatic N) is 2. The summed E-state index contributed by atoms with van der Waals surface area (Å²) in [6.45, 7) is -0.746. The Morgan fingerprint density at radius 2 is 2.25 bits per heavy atom. The molecule has 0 spiro atoms. The fourth-order valence-corrected chi connectivity index (χ4v) is 3.96. The number of aromatic nitrogens is 1. The van der Waals surface area contributed by atoms with Crippen molar-refractivity contribution in [1.29, 1.82) is 0 Å². The fraction of sp³-hybridized carbons (Fsp3) is 0.529. The van der Waals surface area contributed by atoms with Crippen LogP contribution >= 0.6 is 0 Å². The molecule has 28 heavy (non-hydrogen) atoms. The molecule has 2 rings (SSSR count). The van der Waals surface area contributed by atoms with E-state index in [0.29, 0.717) is 4.31 Å². The molecule has 1 saturated heterocycles. The van der Waals surface area contributed by atoms with Gasteiger partial charge in [-0.2, -0.15) is 9.04 Å². The van der Waals surface area contributed by atoms with Gasteiger partial charge in [-0.25, -0.2) is 8.42 Å².